The van der Waals surface area contributed by atoms with Crippen LogP contribution in [0.2, 0.25) is 0 Å². The molecular weight excluding hydrogens is 345 g/mol. The maximum atomic E-state index is 13.2. The summed E-state index contributed by atoms with van der Waals surface area (Å²) in [4.78, 5) is 12.5. The van der Waals surface area contributed by atoms with Crippen molar-refractivity contribution in [1.29, 1.82) is 0 Å². The number of ether oxygens (including phenoxy) is 2. The van der Waals surface area contributed by atoms with Crippen LogP contribution < -0.4 is 14.8 Å². The maximum Gasteiger partial charge on any atom is 0.265 e. The standard InChI is InChI=1S/C22H18FNO3/c23-17-7-4-9-19(13-17)26-14-15-5-3-8-18(11-15)24-22(25)21-12-16-6-1-2-10-20(16)27-21/h1-11,13,21H,12,14H2,(H,24,25)/t21-/m1/s1. The highest BCUT2D eigenvalue weighted by molar-refractivity contribution is 5.95. The van der Waals surface area contributed by atoms with Gasteiger partial charge in [-0.3, -0.25) is 4.79 Å². The lowest BCUT2D eigenvalue weighted by Gasteiger charge is -2.12. The minimum atomic E-state index is -0.533. The summed E-state index contributed by atoms with van der Waals surface area (Å²) in [6, 6.07) is 21.0. The molecule has 0 aliphatic carbocycles. The van der Waals surface area contributed by atoms with Crippen molar-refractivity contribution >= 4 is 11.6 Å². The molecule has 1 aliphatic rings. The summed E-state index contributed by atoms with van der Waals surface area (Å²) in [5.41, 5.74) is 2.57. The van der Waals surface area contributed by atoms with Gasteiger partial charge in [-0.1, -0.05) is 36.4 Å². The maximum absolute atomic E-state index is 13.2. The summed E-state index contributed by atoms with van der Waals surface area (Å²) < 4.78 is 24.5. The number of carbonyl (C=O) groups excluding carboxylic acids is 1. The monoisotopic (exact) mass is 363 g/mol. The van der Waals surface area contributed by atoms with E-state index in [-0.39, 0.29) is 18.3 Å². The van der Waals surface area contributed by atoms with Crippen molar-refractivity contribution in [1.82, 2.24) is 0 Å². The second-order valence-electron chi connectivity index (χ2n) is 6.35. The van der Waals surface area contributed by atoms with Gasteiger partial charge in [0.25, 0.3) is 5.91 Å². The van der Waals surface area contributed by atoms with Crippen LogP contribution in [0.4, 0.5) is 10.1 Å². The number of hydrogen-bond acceptors (Lipinski definition) is 3. The summed E-state index contributed by atoms with van der Waals surface area (Å²) in [6.45, 7) is 0.276. The fraction of sp³-hybridized carbons (Fsp3) is 0.136. The summed E-state index contributed by atoms with van der Waals surface area (Å²) in [5.74, 6) is 0.692. The molecule has 0 aromatic heterocycles. The van der Waals surface area contributed by atoms with E-state index in [1.54, 1.807) is 12.1 Å². The molecule has 5 heteroatoms. The lowest BCUT2D eigenvalue weighted by atomic mass is 10.1. The summed E-state index contributed by atoms with van der Waals surface area (Å²) >= 11 is 0. The molecule has 0 bridgehead atoms. The molecule has 4 nitrogen and oxygen atoms in total. The minimum absolute atomic E-state index is 0.186. The fourth-order valence-electron chi connectivity index (χ4n) is 3.01. The normalized spacial score (nSPS) is 14.9. The zero-order chi connectivity index (χ0) is 18.6. The molecule has 4 rings (SSSR count). The van der Waals surface area contributed by atoms with Crippen molar-refractivity contribution in [2.24, 2.45) is 0 Å². The molecule has 3 aromatic carbocycles. The van der Waals surface area contributed by atoms with Crippen molar-refractivity contribution in [3.05, 3.63) is 89.7 Å². The number of hydrogen-bond donors (Lipinski definition) is 1. The molecule has 1 heterocycles. The quantitative estimate of drug-likeness (QED) is 0.733. The first-order valence-electron chi connectivity index (χ1n) is 8.70. The first kappa shape index (κ1) is 17.1. The van der Waals surface area contributed by atoms with E-state index in [1.807, 2.05) is 48.5 Å². The number of para-hydroxylation sites is 1. The molecule has 3 aromatic rings. The van der Waals surface area contributed by atoms with Crippen molar-refractivity contribution in [3.63, 3.8) is 0 Å². The smallest absolute Gasteiger partial charge is 0.265 e. The first-order chi connectivity index (χ1) is 13.2. The van der Waals surface area contributed by atoms with E-state index >= 15 is 0 Å². The third kappa shape index (κ3) is 4.08. The molecule has 1 amide bonds. The number of anilines is 1. The zero-order valence-electron chi connectivity index (χ0n) is 14.5. The number of benzene rings is 3. The average molecular weight is 363 g/mol. The molecule has 0 unspecified atom stereocenters. The number of carbonyl (C=O) groups is 1. The Kier molecular flexibility index (Phi) is 4.75. The lowest BCUT2D eigenvalue weighted by Crippen LogP contribution is -2.31. The van der Waals surface area contributed by atoms with Crippen LogP contribution in [0.5, 0.6) is 11.5 Å². The van der Waals surface area contributed by atoms with Gasteiger partial charge in [-0.05, 0) is 41.5 Å². The van der Waals surface area contributed by atoms with E-state index in [1.165, 1.54) is 12.1 Å². The SMILES string of the molecule is O=C(Nc1cccc(COc2cccc(F)c2)c1)[C@H]1Cc2ccccc2O1. The van der Waals surface area contributed by atoms with Gasteiger partial charge in [0.05, 0.1) is 0 Å². The summed E-state index contributed by atoms with van der Waals surface area (Å²) in [5, 5.41) is 2.89. The number of fused-ring (bicyclic) bond motifs is 1. The van der Waals surface area contributed by atoms with Crippen molar-refractivity contribution in [3.8, 4) is 11.5 Å². The molecule has 1 aliphatic heterocycles. The predicted molar refractivity (Wildman–Crippen MR) is 100 cm³/mol. The van der Waals surface area contributed by atoms with E-state index in [4.69, 9.17) is 9.47 Å². The van der Waals surface area contributed by atoms with Crippen LogP contribution in [0.25, 0.3) is 0 Å². The topological polar surface area (TPSA) is 47.6 Å². The third-order valence-electron chi connectivity index (χ3n) is 4.34. The van der Waals surface area contributed by atoms with Crippen LogP contribution in [0.1, 0.15) is 11.1 Å². The summed E-state index contributed by atoms with van der Waals surface area (Å²) in [7, 11) is 0. The Labute approximate surface area is 156 Å². The largest absolute Gasteiger partial charge is 0.489 e. The Hall–Kier alpha value is -3.34. The van der Waals surface area contributed by atoms with Gasteiger partial charge in [0.2, 0.25) is 0 Å². The minimum Gasteiger partial charge on any atom is -0.489 e. The van der Waals surface area contributed by atoms with E-state index in [0.717, 1.165) is 16.9 Å². The average Bonchev–Trinajstić information content (AvgIpc) is 3.11. The van der Waals surface area contributed by atoms with E-state index in [2.05, 4.69) is 5.32 Å². The van der Waals surface area contributed by atoms with Gasteiger partial charge in [-0.2, -0.15) is 0 Å². The molecule has 0 saturated carbocycles. The van der Waals surface area contributed by atoms with Crippen LogP contribution in [-0.2, 0) is 17.8 Å². The van der Waals surface area contributed by atoms with E-state index in [9.17, 15) is 9.18 Å². The van der Waals surface area contributed by atoms with Gasteiger partial charge in [-0.15, -0.1) is 0 Å². The number of rotatable bonds is 5. The van der Waals surface area contributed by atoms with Gasteiger partial charge in [0.15, 0.2) is 6.10 Å². The Morgan fingerprint density at radius 2 is 1.93 bits per heavy atom. The van der Waals surface area contributed by atoms with Gasteiger partial charge in [0.1, 0.15) is 23.9 Å². The van der Waals surface area contributed by atoms with Crippen molar-refractivity contribution < 1.29 is 18.7 Å². The number of nitrogens with one attached hydrogen (secondary N) is 1. The van der Waals surface area contributed by atoms with Gasteiger partial charge >= 0.3 is 0 Å². The van der Waals surface area contributed by atoms with Gasteiger partial charge in [-0.25, -0.2) is 4.39 Å². The summed E-state index contributed by atoms with van der Waals surface area (Å²) in [6.07, 6.45) is 0.0271. The lowest BCUT2D eigenvalue weighted by molar-refractivity contribution is -0.122. The van der Waals surface area contributed by atoms with Crippen LogP contribution in [0, 0.1) is 5.82 Å². The van der Waals surface area contributed by atoms with Crippen LogP contribution in [-0.4, -0.2) is 12.0 Å². The molecule has 136 valence electrons. The highest BCUT2D eigenvalue weighted by Gasteiger charge is 2.28. The molecule has 27 heavy (non-hydrogen) atoms. The zero-order valence-corrected chi connectivity index (χ0v) is 14.5. The van der Waals surface area contributed by atoms with Gasteiger partial charge in [0, 0.05) is 18.2 Å². The Bertz CT molecular complexity index is 948. The van der Waals surface area contributed by atoms with Crippen molar-refractivity contribution in [2.45, 2.75) is 19.1 Å². The Balaban J connectivity index is 1.37. The number of halogens is 1. The van der Waals surface area contributed by atoms with Crippen molar-refractivity contribution in [2.75, 3.05) is 5.32 Å². The number of amides is 1. The molecule has 0 radical (unpaired) electrons. The van der Waals surface area contributed by atoms with Crippen LogP contribution >= 0.6 is 0 Å². The highest BCUT2D eigenvalue weighted by atomic mass is 19.1. The highest BCUT2D eigenvalue weighted by Crippen LogP contribution is 2.28. The van der Waals surface area contributed by atoms with E-state index in [0.29, 0.717) is 17.9 Å². The Morgan fingerprint density at radius 1 is 1.07 bits per heavy atom. The first-order valence-corrected chi connectivity index (χ1v) is 8.70. The van der Waals surface area contributed by atoms with Gasteiger partial charge < -0.3 is 14.8 Å². The molecule has 0 spiro atoms. The molecule has 0 fully saturated rings. The van der Waals surface area contributed by atoms with E-state index < -0.39 is 6.10 Å². The van der Waals surface area contributed by atoms with Crippen LogP contribution in [0.15, 0.2) is 72.8 Å². The molecular formula is C22H18FNO3. The Morgan fingerprint density at radius 3 is 2.78 bits per heavy atom. The second kappa shape index (κ2) is 7.50. The molecule has 1 N–H and O–H groups in total. The molecule has 1 atom stereocenters. The van der Waals surface area contributed by atoms with Crippen LogP contribution in [0.3, 0.4) is 0 Å². The third-order valence-corrected chi connectivity index (χ3v) is 4.34. The predicted octanol–water partition coefficient (Wildman–Crippen LogP) is 4.35. The fourth-order valence-corrected chi connectivity index (χ4v) is 3.01. The second-order valence-corrected chi connectivity index (χ2v) is 6.35. The molecule has 0 saturated heterocycles.